The molecule has 0 aromatic heterocycles. The minimum Gasteiger partial charge on any atom is -0.480 e. The molecule has 0 heterocycles. The first-order valence-electron chi connectivity index (χ1n) is 12.4. The largest absolute Gasteiger partial charge is 0.480 e. The third kappa shape index (κ3) is 8.44. The maximum Gasteiger partial charge on any atom is 0.326 e. The van der Waals surface area contributed by atoms with E-state index >= 15 is 0 Å². The van der Waals surface area contributed by atoms with Gasteiger partial charge in [-0.15, -0.1) is 0 Å². The van der Waals surface area contributed by atoms with Crippen LogP contribution in [0.4, 0.5) is 22.0 Å². The van der Waals surface area contributed by atoms with E-state index in [9.17, 15) is 46.2 Å². The molecular weight excluding hydrogens is 551 g/mol. The molecule has 3 N–H and O–H groups in total. The van der Waals surface area contributed by atoms with Gasteiger partial charge in [0.2, 0.25) is 17.6 Å². The molecule has 2 atom stereocenters. The van der Waals surface area contributed by atoms with Gasteiger partial charge in [-0.1, -0.05) is 60.7 Å². The number of rotatable bonds is 13. The molecule has 0 bridgehead atoms. The van der Waals surface area contributed by atoms with Crippen LogP contribution in [0.2, 0.25) is 0 Å². The fourth-order valence-corrected chi connectivity index (χ4v) is 4.07. The summed E-state index contributed by atoms with van der Waals surface area (Å²) in [5.41, 5.74) is -0.0241. The Morgan fingerprint density at radius 3 is 1.71 bits per heavy atom. The Bertz CT molecular complexity index is 1390. The van der Waals surface area contributed by atoms with Crippen LogP contribution in [0.15, 0.2) is 60.7 Å². The van der Waals surface area contributed by atoms with E-state index in [0.717, 1.165) is 0 Å². The number of carboxylic acid groups (broad SMARTS) is 1. The molecule has 216 valence electrons. The first-order valence-corrected chi connectivity index (χ1v) is 12.4. The van der Waals surface area contributed by atoms with Gasteiger partial charge in [-0.2, -0.15) is 0 Å². The first kappa shape index (κ1) is 30.9. The summed E-state index contributed by atoms with van der Waals surface area (Å²) in [5.74, 6) is -16.0. The second-order valence-electron chi connectivity index (χ2n) is 9.22. The number of aliphatic carboxylic acids is 1. The fraction of sp³-hybridized carbons (Fsp3) is 0.241. The van der Waals surface area contributed by atoms with Crippen molar-refractivity contribution in [2.75, 3.05) is 6.54 Å². The number of carboxylic acids is 1. The quantitative estimate of drug-likeness (QED) is 0.163. The smallest absolute Gasteiger partial charge is 0.326 e. The van der Waals surface area contributed by atoms with E-state index in [0.29, 0.717) is 11.1 Å². The molecule has 0 aliphatic carbocycles. The number of ketones is 1. The van der Waals surface area contributed by atoms with Gasteiger partial charge in [0.15, 0.2) is 29.1 Å². The molecule has 0 aliphatic rings. The Hall–Kier alpha value is -4.61. The van der Waals surface area contributed by atoms with E-state index in [1.165, 1.54) is 0 Å². The van der Waals surface area contributed by atoms with Crippen LogP contribution in [0.1, 0.15) is 23.1 Å². The Kier molecular flexibility index (Phi) is 10.7. The predicted molar refractivity (Wildman–Crippen MR) is 136 cm³/mol. The number of benzene rings is 3. The van der Waals surface area contributed by atoms with Gasteiger partial charge >= 0.3 is 5.97 Å². The highest BCUT2D eigenvalue weighted by Crippen LogP contribution is 2.23. The van der Waals surface area contributed by atoms with Crippen molar-refractivity contribution in [3.05, 3.63) is 106 Å². The molecule has 41 heavy (non-hydrogen) atoms. The van der Waals surface area contributed by atoms with Gasteiger partial charge in [0.25, 0.3) is 0 Å². The summed E-state index contributed by atoms with van der Waals surface area (Å²) in [5, 5.41) is 14.1. The molecule has 2 amide bonds. The van der Waals surface area contributed by atoms with Crippen LogP contribution in [0, 0.1) is 35.0 Å². The number of amides is 2. The van der Waals surface area contributed by atoms with E-state index in [2.05, 4.69) is 10.6 Å². The van der Waals surface area contributed by atoms with Crippen LogP contribution < -0.4 is 10.6 Å². The summed E-state index contributed by atoms with van der Waals surface area (Å²) in [7, 11) is 0. The highest BCUT2D eigenvalue weighted by atomic mass is 19.2. The number of carbonyl (C=O) groups excluding carboxylic acids is 3. The van der Waals surface area contributed by atoms with E-state index in [1.807, 2.05) is 0 Å². The lowest BCUT2D eigenvalue weighted by Gasteiger charge is -2.20. The molecule has 0 unspecified atom stereocenters. The van der Waals surface area contributed by atoms with Crippen molar-refractivity contribution in [1.29, 1.82) is 0 Å². The minimum absolute atomic E-state index is 0.0122. The van der Waals surface area contributed by atoms with Crippen molar-refractivity contribution in [3.8, 4) is 0 Å². The average molecular weight is 577 g/mol. The van der Waals surface area contributed by atoms with Crippen LogP contribution in [0.5, 0.6) is 0 Å². The first-order chi connectivity index (χ1) is 19.5. The molecule has 12 heteroatoms. The molecule has 7 nitrogen and oxygen atoms in total. The van der Waals surface area contributed by atoms with Crippen molar-refractivity contribution < 1.29 is 46.2 Å². The van der Waals surface area contributed by atoms with Crippen LogP contribution in [-0.4, -0.2) is 41.3 Å². The molecule has 0 radical (unpaired) electrons. The van der Waals surface area contributed by atoms with Gasteiger partial charge < -0.3 is 15.7 Å². The Morgan fingerprint density at radius 1 is 0.707 bits per heavy atom. The SMILES string of the molecule is O=C(CNC(=O)Cc1c(F)c(F)c(F)c(F)c1F)C[C@@H](Cc1ccccc1)C(=O)N[C@@H](Cc1ccccc1)C(=O)O. The highest BCUT2D eigenvalue weighted by Gasteiger charge is 2.29. The van der Waals surface area contributed by atoms with Crippen LogP contribution >= 0.6 is 0 Å². The summed E-state index contributed by atoms with van der Waals surface area (Å²) >= 11 is 0. The molecule has 3 rings (SSSR count). The minimum atomic E-state index is -2.36. The second kappa shape index (κ2) is 14.1. The summed E-state index contributed by atoms with van der Waals surface area (Å²) in [6, 6.07) is 15.8. The molecule has 0 fully saturated rings. The lowest BCUT2D eigenvalue weighted by molar-refractivity contribution is -0.142. The predicted octanol–water partition coefficient (Wildman–Crippen LogP) is 3.67. The zero-order valence-electron chi connectivity index (χ0n) is 21.4. The van der Waals surface area contributed by atoms with Crippen molar-refractivity contribution >= 4 is 23.6 Å². The van der Waals surface area contributed by atoms with Crippen LogP contribution in [-0.2, 0) is 38.4 Å². The van der Waals surface area contributed by atoms with Gasteiger partial charge in [0.1, 0.15) is 6.04 Å². The Balaban J connectivity index is 1.67. The third-order valence-corrected chi connectivity index (χ3v) is 6.19. The van der Waals surface area contributed by atoms with Crippen molar-refractivity contribution in [3.63, 3.8) is 0 Å². The van der Waals surface area contributed by atoms with E-state index < -0.39 is 89.6 Å². The Labute approximate surface area is 231 Å². The monoisotopic (exact) mass is 576 g/mol. The molecular formula is C29H25F5N2O5. The molecule has 0 spiro atoms. The lowest BCUT2D eigenvalue weighted by Crippen LogP contribution is -2.46. The molecule has 0 aliphatic heterocycles. The lowest BCUT2D eigenvalue weighted by atomic mass is 9.92. The summed E-state index contributed by atoms with van der Waals surface area (Å²) < 4.78 is 67.8. The van der Waals surface area contributed by atoms with Crippen molar-refractivity contribution in [2.24, 2.45) is 5.92 Å². The number of hydrogen-bond acceptors (Lipinski definition) is 4. The molecule has 3 aromatic rings. The summed E-state index contributed by atoms with van der Waals surface area (Å²) in [6.45, 7) is -0.709. The zero-order valence-corrected chi connectivity index (χ0v) is 21.4. The van der Waals surface area contributed by atoms with Gasteiger partial charge in [-0.3, -0.25) is 14.4 Å². The zero-order chi connectivity index (χ0) is 30.1. The topological polar surface area (TPSA) is 113 Å². The number of halogens is 5. The molecule has 3 aromatic carbocycles. The van der Waals surface area contributed by atoms with Crippen molar-refractivity contribution in [2.45, 2.75) is 31.7 Å². The fourth-order valence-electron chi connectivity index (χ4n) is 4.07. The number of nitrogens with one attached hydrogen (secondary N) is 2. The second-order valence-corrected chi connectivity index (χ2v) is 9.22. The van der Waals surface area contributed by atoms with Gasteiger partial charge in [-0.25, -0.2) is 26.7 Å². The van der Waals surface area contributed by atoms with E-state index in [-0.39, 0.29) is 12.8 Å². The van der Waals surface area contributed by atoms with E-state index in [1.54, 1.807) is 60.7 Å². The van der Waals surface area contributed by atoms with Crippen LogP contribution in [0.3, 0.4) is 0 Å². The standard InChI is InChI=1S/C29H25F5N2O5/c30-23-20(24(31)26(33)27(34)25(23)32)14-22(38)35-15-19(37)13-18(11-16-7-3-1-4-8-16)28(39)36-21(29(40)41)12-17-9-5-2-6-10-17/h1-10,18,21H,11-15H2,(H,35,38)(H,36,39)(H,40,41)/t18-,21+/m1/s1. The molecule has 0 saturated carbocycles. The highest BCUT2D eigenvalue weighted by molar-refractivity contribution is 5.92. The van der Waals surface area contributed by atoms with Crippen LogP contribution in [0.25, 0.3) is 0 Å². The number of carbonyl (C=O) groups is 4. The maximum atomic E-state index is 13.9. The van der Waals surface area contributed by atoms with Crippen molar-refractivity contribution in [1.82, 2.24) is 10.6 Å². The van der Waals surface area contributed by atoms with Gasteiger partial charge in [-0.05, 0) is 17.5 Å². The van der Waals surface area contributed by atoms with Gasteiger partial charge in [0.05, 0.1) is 13.0 Å². The third-order valence-electron chi connectivity index (χ3n) is 6.19. The summed E-state index contributed by atoms with van der Waals surface area (Å²) in [4.78, 5) is 49.8. The van der Waals surface area contributed by atoms with E-state index in [4.69, 9.17) is 0 Å². The summed E-state index contributed by atoms with van der Waals surface area (Å²) in [6.07, 6.45) is -1.63. The normalized spacial score (nSPS) is 12.3. The molecule has 0 saturated heterocycles. The number of hydrogen-bond donors (Lipinski definition) is 3. The van der Waals surface area contributed by atoms with Gasteiger partial charge in [0, 0.05) is 24.3 Å². The maximum absolute atomic E-state index is 13.9. The Morgan fingerprint density at radius 2 is 1.20 bits per heavy atom. The number of Topliss-reactive ketones (excluding diaryl/α,β-unsaturated/α-hetero) is 1. The average Bonchev–Trinajstić information content (AvgIpc) is 2.96.